The Kier molecular flexibility index (Phi) is 3.73. The van der Waals surface area contributed by atoms with Gasteiger partial charge in [0.1, 0.15) is 0 Å². The highest BCUT2D eigenvalue weighted by atomic mass is 79.9. The summed E-state index contributed by atoms with van der Waals surface area (Å²) in [6.07, 6.45) is 5.25. The van der Waals surface area contributed by atoms with Crippen LogP contribution in [0.15, 0.2) is 22.9 Å². The fourth-order valence-electron chi connectivity index (χ4n) is 1.34. The Balaban J connectivity index is 2.15. The Hall–Kier alpha value is -1.43. The topological polar surface area (TPSA) is 56.5 Å². The van der Waals surface area contributed by atoms with Gasteiger partial charge in [-0.1, -0.05) is 13.3 Å². The van der Waals surface area contributed by atoms with Crippen molar-refractivity contribution in [1.29, 1.82) is 0 Å². The molecule has 0 atom stereocenters. The van der Waals surface area contributed by atoms with Gasteiger partial charge in [-0.05, 0) is 22.4 Å². The first kappa shape index (κ1) is 12.0. The third kappa shape index (κ3) is 2.82. The summed E-state index contributed by atoms with van der Waals surface area (Å²) < 4.78 is 7.42. The molecule has 0 fully saturated rings. The number of unbranched alkanes of at least 4 members (excludes halogenated alkanes) is 1. The van der Waals surface area contributed by atoms with Gasteiger partial charge in [0.15, 0.2) is 11.3 Å². The molecule has 0 aromatic carbocycles. The fraction of sp³-hybridized carbons (Fsp3) is 0.364. The lowest BCUT2D eigenvalue weighted by Gasteiger charge is -1.99. The summed E-state index contributed by atoms with van der Waals surface area (Å²) in [4.78, 5) is 15.8. The molecule has 0 N–H and O–H groups in total. The molecule has 0 spiro atoms. The van der Waals surface area contributed by atoms with Crippen LogP contribution in [0.25, 0.3) is 5.65 Å². The molecular weight excluding hydrogens is 286 g/mol. The Morgan fingerprint density at radius 2 is 2.41 bits per heavy atom. The van der Waals surface area contributed by atoms with E-state index >= 15 is 0 Å². The SMILES string of the molecule is CCCCOC(=O)c1cc2ncc(Br)cn2n1. The maximum atomic E-state index is 11.6. The first-order chi connectivity index (χ1) is 8.20. The van der Waals surface area contributed by atoms with Gasteiger partial charge >= 0.3 is 5.97 Å². The van der Waals surface area contributed by atoms with E-state index in [0.29, 0.717) is 12.3 Å². The number of carbonyl (C=O) groups is 1. The van der Waals surface area contributed by atoms with Gasteiger partial charge in [0.25, 0.3) is 0 Å². The largest absolute Gasteiger partial charge is 0.461 e. The van der Waals surface area contributed by atoms with Crippen LogP contribution in [-0.4, -0.2) is 27.2 Å². The van der Waals surface area contributed by atoms with Gasteiger partial charge in [-0.15, -0.1) is 0 Å². The average molecular weight is 298 g/mol. The third-order valence-corrected chi connectivity index (χ3v) is 2.63. The van der Waals surface area contributed by atoms with Crippen molar-refractivity contribution < 1.29 is 9.53 Å². The van der Waals surface area contributed by atoms with Crippen LogP contribution in [0.4, 0.5) is 0 Å². The minimum absolute atomic E-state index is 0.284. The second-order valence-corrected chi connectivity index (χ2v) is 4.51. The van der Waals surface area contributed by atoms with Crippen molar-refractivity contribution in [3.8, 4) is 0 Å². The molecular formula is C11H12BrN3O2. The lowest BCUT2D eigenvalue weighted by atomic mass is 10.3. The Labute approximate surface area is 107 Å². The van der Waals surface area contributed by atoms with Gasteiger partial charge in [-0.2, -0.15) is 5.10 Å². The number of carbonyl (C=O) groups excluding carboxylic acids is 1. The number of halogens is 1. The molecule has 2 aromatic rings. The summed E-state index contributed by atoms with van der Waals surface area (Å²) in [5.41, 5.74) is 0.905. The van der Waals surface area contributed by atoms with Crippen LogP contribution in [0.5, 0.6) is 0 Å². The standard InChI is InChI=1S/C11H12BrN3O2/c1-2-3-4-17-11(16)9-5-10-13-6-8(12)7-15(10)14-9/h5-7H,2-4H2,1H3. The molecule has 0 amide bonds. The monoisotopic (exact) mass is 297 g/mol. The van der Waals surface area contributed by atoms with E-state index in [9.17, 15) is 4.79 Å². The molecule has 0 bridgehead atoms. The highest BCUT2D eigenvalue weighted by molar-refractivity contribution is 9.10. The number of hydrogen-bond acceptors (Lipinski definition) is 4. The quantitative estimate of drug-likeness (QED) is 0.642. The van der Waals surface area contributed by atoms with E-state index in [1.807, 2.05) is 6.92 Å². The Bertz CT molecular complexity index is 538. The maximum absolute atomic E-state index is 11.6. The Morgan fingerprint density at radius 1 is 1.59 bits per heavy atom. The molecule has 17 heavy (non-hydrogen) atoms. The van der Waals surface area contributed by atoms with Crippen LogP contribution in [0.3, 0.4) is 0 Å². The van der Waals surface area contributed by atoms with Gasteiger partial charge < -0.3 is 4.74 Å². The van der Waals surface area contributed by atoms with Gasteiger partial charge in [0.2, 0.25) is 0 Å². The number of fused-ring (bicyclic) bond motifs is 1. The lowest BCUT2D eigenvalue weighted by Crippen LogP contribution is -2.07. The van der Waals surface area contributed by atoms with Crippen molar-refractivity contribution in [2.75, 3.05) is 6.61 Å². The van der Waals surface area contributed by atoms with E-state index < -0.39 is 5.97 Å². The zero-order chi connectivity index (χ0) is 12.3. The number of aromatic nitrogens is 3. The molecule has 0 radical (unpaired) electrons. The highest BCUT2D eigenvalue weighted by Gasteiger charge is 2.12. The summed E-state index contributed by atoms with van der Waals surface area (Å²) in [5.74, 6) is -0.403. The van der Waals surface area contributed by atoms with Crippen LogP contribution in [0.2, 0.25) is 0 Å². The van der Waals surface area contributed by atoms with Crippen molar-refractivity contribution in [2.24, 2.45) is 0 Å². The van der Waals surface area contributed by atoms with Crippen LogP contribution < -0.4 is 0 Å². The Morgan fingerprint density at radius 3 is 3.18 bits per heavy atom. The molecule has 0 aliphatic carbocycles. The second-order valence-electron chi connectivity index (χ2n) is 3.59. The molecule has 5 nitrogen and oxygen atoms in total. The molecule has 2 rings (SSSR count). The van der Waals surface area contributed by atoms with Crippen LogP contribution in [0.1, 0.15) is 30.3 Å². The zero-order valence-corrected chi connectivity index (χ0v) is 11.0. The van der Waals surface area contributed by atoms with Crippen molar-refractivity contribution in [3.05, 3.63) is 28.6 Å². The molecule has 2 heterocycles. The number of ether oxygens (including phenoxy) is 1. The van der Waals surface area contributed by atoms with E-state index in [0.717, 1.165) is 17.3 Å². The molecule has 0 saturated carbocycles. The summed E-state index contributed by atoms with van der Waals surface area (Å²) in [7, 11) is 0. The molecule has 0 aliphatic heterocycles. The van der Waals surface area contributed by atoms with Crippen molar-refractivity contribution in [1.82, 2.24) is 14.6 Å². The maximum Gasteiger partial charge on any atom is 0.358 e. The predicted molar refractivity (Wildman–Crippen MR) is 65.9 cm³/mol. The minimum atomic E-state index is -0.403. The number of hydrogen-bond donors (Lipinski definition) is 0. The zero-order valence-electron chi connectivity index (χ0n) is 9.39. The highest BCUT2D eigenvalue weighted by Crippen LogP contribution is 2.10. The minimum Gasteiger partial charge on any atom is -0.461 e. The molecule has 0 unspecified atom stereocenters. The van der Waals surface area contributed by atoms with Crippen LogP contribution in [0, 0.1) is 0 Å². The number of esters is 1. The van der Waals surface area contributed by atoms with Gasteiger partial charge in [-0.3, -0.25) is 0 Å². The van der Waals surface area contributed by atoms with E-state index in [-0.39, 0.29) is 5.69 Å². The van der Waals surface area contributed by atoms with E-state index in [2.05, 4.69) is 26.0 Å². The van der Waals surface area contributed by atoms with Crippen LogP contribution >= 0.6 is 15.9 Å². The number of nitrogens with zero attached hydrogens (tertiary/aromatic N) is 3. The van der Waals surface area contributed by atoms with Crippen LogP contribution in [-0.2, 0) is 4.74 Å². The van der Waals surface area contributed by atoms with Gasteiger partial charge in [0.05, 0.1) is 11.1 Å². The fourth-order valence-corrected chi connectivity index (χ4v) is 1.63. The molecule has 6 heteroatoms. The van der Waals surface area contributed by atoms with Gasteiger partial charge in [-0.25, -0.2) is 14.3 Å². The molecule has 2 aromatic heterocycles. The molecule has 0 saturated heterocycles. The summed E-state index contributed by atoms with van der Waals surface area (Å²) in [5, 5.41) is 4.10. The smallest absolute Gasteiger partial charge is 0.358 e. The predicted octanol–water partition coefficient (Wildman–Crippen LogP) is 2.45. The van der Waals surface area contributed by atoms with E-state index in [4.69, 9.17) is 4.74 Å². The molecule has 0 aliphatic rings. The average Bonchev–Trinajstić information content (AvgIpc) is 2.72. The first-order valence-corrected chi connectivity index (χ1v) is 6.18. The normalized spacial score (nSPS) is 10.7. The van der Waals surface area contributed by atoms with Crippen molar-refractivity contribution in [3.63, 3.8) is 0 Å². The van der Waals surface area contributed by atoms with Crippen molar-refractivity contribution in [2.45, 2.75) is 19.8 Å². The summed E-state index contributed by atoms with van der Waals surface area (Å²) >= 11 is 3.29. The van der Waals surface area contributed by atoms with Gasteiger partial charge in [0, 0.05) is 18.5 Å². The van der Waals surface area contributed by atoms with E-state index in [1.165, 1.54) is 0 Å². The number of rotatable bonds is 4. The van der Waals surface area contributed by atoms with E-state index in [1.54, 1.807) is 23.0 Å². The molecule has 90 valence electrons. The second kappa shape index (κ2) is 5.27. The third-order valence-electron chi connectivity index (χ3n) is 2.22. The van der Waals surface area contributed by atoms with Crippen molar-refractivity contribution >= 4 is 27.5 Å². The lowest BCUT2D eigenvalue weighted by molar-refractivity contribution is 0.0492. The first-order valence-electron chi connectivity index (χ1n) is 5.38. The summed E-state index contributed by atoms with van der Waals surface area (Å²) in [6.45, 7) is 2.47. The summed E-state index contributed by atoms with van der Waals surface area (Å²) in [6, 6.07) is 1.61.